The zero-order valence-corrected chi connectivity index (χ0v) is 9.27. The zero-order chi connectivity index (χ0) is 10.7. The Bertz CT molecular complexity index is 476. The number of nitrogens with one attached hydrogen (secondary N) is 1. The largest absolute Gasteiger partial charge is 0.360 e. The van der Waals surface area contributed by atoms with E-state index in [2.05, 4.69) is 23.0 Å². The molecule has 0 radical (unpaired) electrons. The van der Waals surface area contributed by atoms with Gasteiger partial charge in [-0.15, -0.1) is 11.3 Å². The van der Waals surface area contributed by atoms with Gasteiger partial charge in [0.1, 0.15) is 5.69 Å². The molecule has 0 atom stereocenters. The third kappa shape index (κ3) is 2.08. The highest BCUT2D eigenvalue weighted by Gasteiger charge is 2.09. The quantitative estimate of drug-likeness (QED) is 0.859. The molecule has 76 valence electrons. The van der Waals surface area contributed by atoms with E-state index in [4.69, 9.17) is 5.26 Å². The monoisotopic (exact) mass is 217 g/mol. The van der Waals surface area contributed by atoms with Gasteiger partial charge in [0.05, 0.1) is 16.8 Å². The Labute approximate surface area is 92.4 Å². The molecule has 2 aromatic heterocycles. The summed E-state index contributed by atoms with van der Waals surface area (Å²) in [6.07, 6.45) is 3.18. The Morgan fingerprint density at radius 3 is 3.13 bits per heavy atom. The molecule has 1 N–H and O–H groups in total. The zero-order valence-electron chi connectivity index (χ0n) is 8.45. The minimum absolute atomic E-state index is 0.539. The number of aromatic amines is 1. The molecular weight excluding hydrogens is 206 g/mol. The van der Waals surface area contributed by atoms with Crippen molar-refractivity contribution in [1.29, 1.82) is 5.26 Å². The van der Waals surface area contributed by atoms with Crippen LogP contribution in [0.1, 0.15) is 16.3 Å². The van der Waals surface area contributed by atoms with Crippen molar-refractivity contribution in [2.75, 3.05) is 0 Å². The second-order valence-electron chi connectivity index (χ2n) is 3.25. The minimum atomic E-state index is 0.539. The molecule has 0 unspecified atom stereocenters. The van der Waals surface area contributed by atoms with Gasteiger partial charge >= 0.3 is 0 Å². The predicted molar refractivity (Wildman–Crippen MR) is 60.6 cm³/mol. The molecule has 0 saturated carbocycles. The number of aryl methyl sites for hydroxylation is 2. The highest BCUT2D eigenvalue weighted by atomic mass is 32.1. The summed E-state index contributed by atoms with van der Waals surface area (Å²) in [6, 6.07) is 6.11. The molecule has 0 amide bonds. The van der Waals surface area contributed by atoms with E-state index in [0.29, 0.717) is 6.42 Å². The van der Waals surface area contributed by atoms with Crippen molar-refractivity contribution in [3.63, 3.8) is 0 Å². The summed E-state index contributed by atoms with van der Waals surface area (Å²) in [6.45, 7) is 2.06. The Kier molecular flexibility index (Phi) is 2.84. The number of thiazole rings is 1. The van der Waals surface area contributed by atoms with Gasteiger partial charge in [-0.2, -0.15) is 5.26 Å². The summed E-state index contributed by atoms with van der Waals surface area (Å²) in [5.74, 6) is 0. The highest BCUT2D eigenvalue weighted by Crippen LogP contribution is 2.26. The van der Waals surface area contributed by atoms with Gasteiger partial charge in [0, 0.05) is 23.9 Å². The summed E-state index contributed by atoms with van der Waals surface area (Å²) >= 11 is 1.67. The average Bonchev–Trinajstić information content (AvgIpc) is 2.83. The molecule has 0 saturated heterocycles. The molecule has 0 bridgehead atoms. The molecular formula is C11H11N3S. The molecule has 3 nitrogen and oxygen atoms in total. The number of aromatic nitrogens is 2. The fourth-order valence-electron chi connectivity index (χ4n) is 1.45. The van der Waals surface area contributed by atoms with Crippen molar-refractivity contribution in [2.45, 2.75) is 19.8 Å². The van der Waals surface area contributed by atoms with Crippen LogP contribution in [0.4, 0.5) is 0 Å². The van der Waals surface area contributed by atoms with E-state index in [1.54, 1.807) is 11.3 Å². The molecule has 0 aliphatic heterocycles. The van der Waals surface area contributed by atoms with Gasteiger partial charge < -0.3 is 4.98 Å². The fraction of sp³-hybridized carbons (Fsp3) is 0.273. The first kappa shape index (κ1) is 9.94. The van der Waals surface area contributed by atoms with Crippen LogP contribution in [0.2, 0.25) is 0 Å². The van der Waals surface area contributed by atoms with E-state index in [-0.39, 0.29) is 0 Å². The average molecular weight is 217 g/mol. The molecule has 4 heteroatoms. The Balaban J connectivity index is 2.27. The summed E-state index contributed by atoms with van der Waals surface area (Å²) in [4.78, 5) is 8.87. The maximum absolute atomic E-state index is 8.51. The van der Waals surface area contributed by atoms with E-state index in [0.717, 1.165) is 22.8 Å². The third-order valence-corrected chi connectivity index (χ3v) is 3.18. The van der Waals surface area contributed by atoms with E-state index in [9.17, 15) is 0 Å². The second kappa shape index (κ2) is 4.28. The summed E-state index contributed by atoms with van der Waals surface area (Å²) < 4.78 is 0. The van der Waals surface area contributed by atoms with Crippen LogP contribution >= 0.6 is 11.3 Å². The standard InChI is InChI=1S/C11H11N3S/c1-8-11(9-4-3-7-13-9)14-10(15-8)5-2-6-12/h3-4,7,13H,2,5H2,1H3. The molecule has 0 aliphatic rings. The maximum atomic E-state index is 8.51. The first-order valence-corrected chi connectivity index (χ1v) is 5.60. The first-order valence-electron chi connectivity index (χ1n) is 4.78. The van der Waals surface area contributed by atoms with Gasteiger partial charge in [0.2, 0.25) is 0 Å². The number of hydrogen-bond donors (Lipinski definition) is 1. The number of nitrogens with zero attached hydrogens (tertiary/aromatic N) is 2. The topological polar surface area (TPSA) is 52.5 Å². The molecule has 2 aromatic rings. The fourth-order valence-corrected chi connectivity index (χ4v) is 2.40. The lowest BCUT2D eigenvalue weighted by atomic mass is 10.3. The normalized spacial score (nSPS) is 10.1. The van der Waals surface area contributed by atoms with Crippen LogP contribution in [0.3, 0.4) is 0 Å². The number of H-pyrrole nitrogens is 1. The summed E-state index contributed by atoms with van der Waals surface area (Å²) in [5.41, 5.74) is 2.06. The molecule has 0 fully saturated rings. The van der Waals surface area contributed by atoms with Crippen LogP contribution in [-0.2, 0) is 6.42 Å². The van der Waals surface area contributed by atoms with Crippen LogP contribution in [0.25, 0.3) is 11.4 Å². The van der Waals surface area contributed by atoms with E-state index < -0.39 is 0 Å². The van der Waals surface area contributed by atoms with Gasteiger partial charge in [-0.1, -0.05) is 0 Å². The molecule has 2 heterocycles. The van der Waals surface area contributed by atoms with Crippen LogP contribution in [0.15, 0.2) is 18.3 Å². The van der Waals surface area contributed by atoms with Gasteiger partial charge in [-0.25, -0.2) is 4.98 Å². The molecule has 0 aliphatic carbocycles. The highest BCUT2D eigenvalue weighted by molar-refractivity contribution is 7.12. The van der Waals surface area contributed by atoms with Gasteiger partial charge in [-0.05, 0) is 19.1 Å². The lowest BCUT2D eigenvalue weighted by Crippen LogP contribution is -1.83. The third-order valence-electron chi connectivity index (χ3n) is 2.14. The SMILES string of the molecule is Cc1sc(CCC#N)nc1-c1ccc[nH]1. The summed E-state index contributed by atoms with van der Waals surface area (Å²) in [5, 5.41) is 9.55. The van der Waals surface area contributed by atoms with Crippen LogP contribution in [0.5, 0.6) is 0 Å². The van der Waals surface area contributed by atoms with Crippen molar-refractivity contribution in [3.8, 4) is 17.5 Å². The molecule has 2 rings (SSSR count). The van der Waals surface area contributed by atoms with E-state index in [1.807, 2.05) is 18.3 Å². The molecule has 0 aromatic carbocycles. The Morgan fingerprint density at radius 1 is 1.60 bits per heavy atom. The van der Waals surface area contributed by atoms with Crippen LogP contribution in [0, 0.1) is 18.3 Å². The van der Waals surface area contributed by atoms with Crippen molar-refractivity contribution in [2.24, 2.45) is 0 Å². The molecule has 15 heavy (non-hydrogen) atoms. The van der Waals surface area contributed by atoms with Crippen LogP contribution in [-0.4, -0.2) is 9.97 Å². The first-order chi connectivity index (χ1) is 7.31. The number of rotatable bonds is 3. The number of hydrogen-bond acceptors (Lipinski definition) is 3. The van der Waals surface area contributed by atoms with Crippen molar-refractivity contribution < 1.29 is 0 Å². The minimum Gasteiger partial charge on any atom is -0.360 e. The van der Waals surface area contributed by atoms with Gasteiger partial charge in [0.25, 0.3) is 0 Å². The smallest absolute Gasteiger partial charge is 0.101 e. The lowest BCUT2D eigenvalue weighted by molar-refractivity contribution is 0.989. The number of nitriles is 1. The van der Waals surface area contributed by atoms with Crippen molar-refractivity contribution in [3.05, 3.63) is 28.2 Å². The van der Waals surface area contributed by atoms with Gasteiger partial charge in [0.15, 0.2) is 0 Å². The van der Waals surface area contributed by atoms with Crippen molar-refractivity contribution in [1.82, 2.24) is 9.97 Å². The van der Waals surface area contributed by atoms with Crippen LogP contribution < -0.4 is 0 Å². The maximum Gasteiger partial charge on any atom is 0.101 e. The Hall–Kier alpha value is -1.60. The van der Waals surface area contributed by atoms with Crippen molar-refractivity contribution >= 4 is 11.3 Å². The van der Waals surface area contributed by atoms with E-state index in [1.165, 1.54) is 4.88 Å². The lowest BCUT2D eigenvalue weighted by Gasteiger charge is -1.92. The molecule has 0 spiro atoms. The second-order valence-corrected chi connectivity index (χ2v) is 4.54. The Morgan fingerprint density at radius 2 is 2.47 bits per heavy atom. The van der Waals surface area contributed by atoms with E-state index >= 15 is 0 Å². The predicted octanol–water partition coefficient (Wildman–Crippen LogP) is 2.90. The summed E-state index contributed by atoms with van der Waals surface area (Å²) in [7, 11) is 0. The van der Waals surface area contributed by atoms with Gasteiger partial charge in [-0.3, -0.25) is 0 Å².